The molecule has 1 fully saturated rings. The van der Waals surface area contributed by atoms with Crippen LogP contribution in [0.15, 0.2) is 0 Å². The molecule has 5 heteroatoms. The van der Waals surface area contributed by atoms with Gasteiger partial charge in [0, 0.05) is 13.1 Å². The van der Waals surface area contributed by atoms with Crippen molar-refractivity contribution in [2.45, 2.75) is 32.6 Å². The number of hydrogen-bond acceptors (Lipinski definition) is 3. The van der Waals surface area contributed by atoms with E-state index in [2.05, 4.69) is 4.90 Å². The highest BCUT2D eigenvalue weighted by Gasteiger charge is 2.39. The largest absolute Gasteiger partial charge is 0.481 e. The summed E-state index contributed by atoms with van der Waals surface area (Å²) in [6.07, 6.45) is 3.14. The molecule has 0 aromatic carbocycles. The molecule has 1 aliphatic carbocycles. The molecule has 0 radical (unpaired) electrons. The molecule has 0 heterocycles. The number of nitrogens with zero attached hydrogens (tertiary/aromatic N) is 2. The van der Waals surface area contributed by atoms with Crippen LogP contribution in [-0.2, 0) is 9.59 Å². The van der Waals surface area contributed by atoms with Crippen molar-refractivity contribution < 1.29 is 14.7 Å². The summed E-state index contributed by atoms with van der Waals surface area (Å²) in [4.78, 5) is 27.5. The van der Waals surface area contributed by atoms with E-state index in [-0.39, 0.29) is 11.8 Å². The average molecular weight is 270 g/mol. The number of amides is 1. The van der Waals surface area contributed by atoms with Crippen molar-refractivity contribution in [3.05, 3.63) is 0 Å². The standard InChI is InChI=1S/C14H26N2O3/c1-4-16(10-6-9-15(2)3)13(17)11-7-5-8-12(11)14(18)19/h11-12H,4-10H2,1-3H3,(H,18,19)/t11-,12+/m1/s1. The number of hydrogen-bond donors (Lipinski definition) is 1. The molecule has 1 aliphatic rings. The molecule has 0 unspecified atom stereocenters. The second-order valence-corrected chi connectivity index (χ2v) is 5.56. The first kappa shape index (κ1) is 16.0. The Bertz CT molecular complexity index is 318. The van der Waals surface area contributed by atoms with Gasteiger partial charge in [0.2, 0.25) is 5.91 Å². The number of carbonyl (C=O) groups excluding carboxylic acids is 1. The normalized spacial score (nSPS) is 22.7. The minimum atomic E-state index is -0.819. The monoisotopic (exact) mass is 270 g/mol. The topological polar surface area (TPSA) is 60.9 Å². The summed E-state index contributed by atoms with van der Waals surface area (Å²) < 4.78 is 0. The van der Waals surface area contributed by atoms with Crippen molar-refractivity contribution in [2.24, 2.45) is 11.8 Å². The summed E-state index contributed by atoms with van der Waals surface area (Å²) in [5.74, 6) is -1.57. The number of carboxylic acids is 1. The molecular formula is C14H26N2O3. The minimum absolute atomic E-state index is 0.0335. The summed E-state index contributed by atoms with van der Waals surface area (Å²) in [6, 6.07) is 0. The van der Waals surface area contributed by atoms with Crippen LogP contribution in [0.2, 0.25) is 0 Å². The van der Waals surface area contributed by atoms with E-state index in [0.717, 1.165) is 32.4 Å². The van der Waals surface area contributed by atoms with Crippen LogP contribution < -0.4 is 0 Å². The smallest absolute Gasteiger partial charge is 0.307 e. The predicted molar refractivity (Wildman–Crippen MR) is 73.9 cm³/mol. The zero-order chi connectivity index (χ0) is 14.4. The summed E-state index contributed by atoms with van der Waals surface area (Å²) in [5.41, 5.74) is 0. The van der Waals surface area contributed by atoms with Crippen molar-refractivity contribution in [3.8, 4) is 0 Å². The van der Waals surface area contributed by atoms with Crippen LogP contribution in [-0.4, -0.2) is 60.5 Å². The van der Waals surface area contributed by atoms with Gasteiger partial charge in [-0.05, 0) is 46.8 Å². The first-order chi connectivity index (χ1) is 8.97. The van der Waals surface area contributed by atoms with Crippen LogP contribution in [0, 0.1) is 11.8 Å². The zero-order valence-electron chi connectivity index (χ0n) is 12.3. The highest BCUT2D eigenvalue weighted by atomic mass is 16.4. The van der Waals surface area contributed by atoms with Gasteiger partial charge in [-0.3, -0.25) is 9.59 Å². The Morgan fingerprint density at radius 3 is 2.32 bits per heavy atom. The highest BCUT2D eigenvalue weighted by Crippen LogP contribution is 2.33. The summed E-state index contributed by atoms with van der Waals surface area (Å²) >= 11 is 0. The lowest BCUT2D eigenvalue weighted by Gasteiger charge is -2.26. The molecule has 1 N–H and O–H groups in total. The van der Waals surface area contributed by atoms with Gasteiger partial charge in [-0.15, -0.1) is 0 Å². The van der Waals surface area contributed by atoms with Crippen LogP contribution in [0.3, 0.4) is 0 Å². The maximum Gasteiger partial charge on any atom is 0.307 e. The molecule has 19 heavy (non-hydrogen) atoms. The van der Waals surface area contributed by atoms with Crippen LogP contribution in [0.1, 0.15) is 32.6 Å². The molecular weight excluding hydrogens is 244 g/mol. The maximum absolute atomic E-state index is 12.4. The number of carbonyl (C=O) groups is 2. The summed E-state index contributed by atoms with van der Waals surface area (Å²) in [7, 11) is 4.02. The van der Waals surface area contributed by atoms with E-state index >= 15 is 0 Å². The molecule has 1 rings (SSSR count). The predicted octanol–water partition coefficient (Wildman–Crippen LogP) is 1.29. The highest BCUT2D eigenvalue weighted by molar-refractivity contribution is 5.85. The van der Waals surface area contributed by atoms with Gasteiger partial charge in [-0.25, -0.2) is 0 Å². The van der Waals surface area contributed by atoms with E-state index in [1.807, 2.05) is 25.9 Å². The zero-order valence-corrected chi connectivity index (χ0v) is 12.3. The second-order valence-electron chi connectivity index (χ2n) is 5.56. The molecule has 0 aromatic rings. The Morgan fingerprint density at radius 1 is 1.16 bits per heavy atom. The van der Waals surface area contributed by atoms with E-state index in [4.69, 9.17) is 5.11 Å². The Hall–Kier alpha value is -1.10. The van der Waals surface area contributed by atoms with Gasteiger partial charge in [0.15, 0.2) is 0 Å². The molecule has 0 bridgehead atoms. The Balaban J connectivity index is 2.55. The van der Waals surface area contributed by atoms with E-state index in [0.29, 0.717) is 13.0 Å². The van der Waals surface area contributed by atoms with Gasteiger partial charge in [0.05, 0.1) is 11.8 Å². The van der Waals surface area contributed by atoms with E-state index in [1.54, 1.807) is 0 Å². The molecule has 0 aromatic heterocycles. The van der Waals surface area contributed by atoms with Crippen molar-refractivity contribution in [3.63, 3.8) is 0 Å². The van der Waals surface area contributed by atoms with Crippen LogP contribution in [0.25, 0.3) is 0 Å². The average Bonchev–Trinajstić information content (AvgIpc) is 2.82. The van der Waals surface area contributed by atoms with Crippen LogP contribution in [0.5, 0.6) is 0 Å². The fourth-order valence-electron chi connectivity index (χ4n) is 2.79. The Kier molecular flexibility index (Phi) is 6.28. The van der Waals surface area contributed by atoms with E-state index in [9.17, 15) is 9.59 Å². The van der Waals surface area contributed by atoms with E-state index in [1.165, 1.54) is 0 Å². The SMILES string of the molecule is CCN(CCCN(C)C)C(=O)[C@@H]1CCC[C@@H]1C(=O)O. The summed E-state index contributed by atoms with van der Waals surface area (Å²) in [5, 5.41) is 9.16. The Labute approximate surface area is 115 Å². The van der Waals surface area contributed by atoms with Gasteiger partial charge in [-0.2, -0.15) is 0 Å². The minimum Gasteiger partial charge on any atom is -0.481 e. The lowest BCUT2D eigenvalue weighted by molar-refractivity contribution is -0.149. The molecule has 1 amide bonds. The molecule has 0 spiro atoms. The van der Waals surface area contributed by atoms with Gasteiger partial charge in [0.1, 0.15) is 0 Å². The number of carboxylic acid groups (broad SMARTS) is 1. The van der Waals surface area contributed by atoms with Crippen molar-refractivity contribution in [2.75, 3.05) is 33.7 Å². The van der Waals surface area contributed by atoms with Crippen molar-refractivity contribution in [1.82, 2.24) is 9.80 Å². The first-order valence-electron chi connectivity index (χ1n) is 7.13. The molecule has 2 atom stereocenters. The molecule has 5 nitrogen and oxygen atoms in total. The Morgan fingerprint density at radius 2 is 1.79 bits per heavy atom. The lowest BCUT2D eigenvalue weighted by atomic mass is 9.94. The quantitative estimate of drug-likeness (QED) is 0.757. The van der Waals surface area contributed by atoms with Crippen LogP contribution >= 0.6 is 0 Å². The molecule has 110 valence electrons. The van der Waals surface area contributed by atoms with Gasteiger partial charge >= 0.3 is 5.97 Å². The fraction of sp³-hybridized carbons (Fsp3) is 0.857. The number of rotatable bonds is 7. The molecule has 1 saturated carbocycles. The molecule has 0 saturated heterocycles. The maximum atomic E-state index is 12.4. The van der Waals surface area contributed by atoms with Crippen molar-refractivity contribution >= 4 is 11.9 Å². The number of aliphatic carboxylic acids is 1. The third kappa shape index (κ3) is 4.49. The first-order valence-corrected chi connectivity index (χ1v) is 7.13. The lowest BCUT2D eigenvalue weighted by Crippen LogP contribution is -2.40. The fourth-order valence-corrected chi connectivity index (χ4v) is 2.79. The third-order valence-corrected chi connectivity index (χ3v) is 3.88. The summed E-state index contributed by atoms with van der Waals surface area (Å²) in [6.45, 7) is 4.28. The second kappa shape index (κ2) is 7.48. The third-order valence-electron chi connectivity index (χ3n) is 3.88. The van der Waals surface area contributed by atoms with E-state index < -0.39 is 11.9 Å². The van der Waals surface area contributed by atoms with Gasteiger partial charge in [0.25, 0.3) is 0 Å². The van der Waals surface area contributed by atoms with Gasteiger partial charge < -0.3 is 14.9 Å². The van der Waals surface area contributed by atoms with Crippen molar-refractivity contribution in [1.29, 1.82) is 0 Å². The van der Waals surface area contributed by atoms with Crippen LogP contribution in [0.4, 0.5) is 0 Å². The molecule has 0 aliphatic heterocycles. The van der Waals surface area contributed by atoms with Gasteiger partial charge in [-0.1, -0.05) is 6.42 Å².